The maximum atomic E-state index is 10.9. The quantitative estimate of drug-likeness (QED) is 0.930. The van der Waals surface area contributed by atoms with Crippen molar-refractivity contribution in [1.29, 1.82) is 5.26 Å². The lowest BCUT2D eigenvalue weighted by Crippen LogP contribution is -1.99. The summed E-state index contributed by atoms with van der Waals surface area (Å²) in [7, 11) is 0. The van der Waals surface area contributed by atoms with Crippen molar-refractivity contribution in [3.05, 3.63) is 52.7 Å². The van der Waals surface area contributed by atoms with Crippen LogP contribution in [0.1, 0.15) is 15.9 Å². The van der Waals surface area contributed by atoms with Crippen LogP contribution >= 0.6 is 11.6 Å². The summed E-state index contributed by atoms with van der Waals surface area (Å²) >= 11 is 5.70. The van der Waals surface area contributed by atoms with Gasteiger partial charge in [-0.3, -0.25) is 0 Å². The van der Waals surface area contributed by atoms with Crippen molar-refractivity contribution < 1.29 is 14.6 Å². The van der Waals surface area contributed by atoms with Crippen molar-refractivity contribution in [2.45, 2.75) is 0 Å². The summed E-state index contributed by atoms with van der Waals surface area (Å²) in [5, 5.41) is 17.7. The van der Waals surface area contributed by atoms with Crippen LogP contribution in [0.15, 0.2) is 36.5 Å². The molecule has 0 saturated heterocycles. The monoisotopic (exact) mass is 274 g/mol. The number of rotatable bonds is 3. The van der Waals surface area contributed by atoms with Crippen molar-refractivity contribution in [2.75, 3.05) is 0 Å². The van der Waals surface area contributed by atoms with E-state index in [1.807, 2.05) is 6.07 Å². The molecule has 0 unspecified atom stereocenters. The summed E-state index contributed by atoms with van der Waals surface area (Å²) in [6.45, 7) is 0. The second kappa shape index (κ2) is 5.38. The molecule has 1 aromatic heterocycles. The number of aromatic nitrogens is 1. The third-order valence-electron chi connectivity index (χ3n) is 2.25. The number of aromatic carboxylic acids is 1. The van der Waals surface area contributed by atoms with Crippen LogP contribution in [0.2, 0.25) is 5.02 Å². The molecule has 94 valence electrons. The van der Waals surface area contributed by atoms with E-state index in [9.17, 15) is 4.79 Å². The molecule has 0 fully saturated rings. The lowest BCUT2D eigenvalue weighted by molar-refractivity contribution is 0.0696. The Labute approximate surface area is 113 Å². The van der Waals surface area contributed by atoms with Gasteiger partial charge in [-0.1, -0.05) is 17.7 Å². The van der Waals surface area contributed by atoms with Crippen molar-refractivity contribution in [3.8, 4) is 17.7 Å². The van der Waals surface area contributed by atoms with E-state index in [2.05, 4.69) is 4.98 Å². The molecule has 1 heterocycles. The number of benzene rings is 1. The van der Waals surface area contributed by atoms with Crippen molar-refractivity contribution in [2.24, 2.45) is 0 Å². The summed E-state index contributed by atoms with van der Waals surface area (Å²) in [6, 6.07) is 9.65. The van der Waals surface area contributed by atoms with Crippen LogP contribution in [0.5, 0.6) is 11.6 Å². The Bertz CT molecular complexity index is 680. The Morgan fingerprint density at radius 3 is 2.89 bits per heavy atom. The molecule has 1 aromatic carbocycles. The third-order valence-corrected chi connectivity index (χ3v) is 2.55. The zero-order valence-corrected chi connectivity index (χ0v) is 10.3. The molecule has 0 atom stereocenters. The topological polar surface area (TPSA) is 83.2 Å². The number of hydrogen-bond acceptors (Lipinski definition) is 4. The molecule has 6 heteroatoms. The Hall–Kier alpha value is -2.58. The number of nitriles is 1. The Balaban J connectivity index is 2.31. The molecule has 0 aliphatic rings. The second-order valence-electron chi connectivity index (χ2n) is 3.55. The van der Waals surface area contributed by atoms with E-state index >= 15 is 0 Å². The SMILES string of the molecule is N#Cc1cccc(Oc2cc(C(=O)O)c(Cl)cn2)c1. The molecule has 0 aliphatic carbocycles. The molecule has 0 spiro atoms. The van der Waals surface area contributed by atoms with Crippen LogP contribution < -0.4 is 4.74 Å². The van der Waals surface area contributed by atoms with Crippen molar-refractivity contribution in [1.82, 2.24) is 4.98 Å². The molecule has 0 aliphatic heterocycles. The minimum atomic E-state index is -1.16. The normalized spacial score (nSPS) is 9.68. The minimum absolute atomic E-state index is 0.0330. The number of carbonyl (C=O) groups is 1. The minimum Gasteiger partial charge on any atom is -0.478 e. The fraction of sp³-hybridized carbons (Fsp3) is 0. The van der Waals surface area contributed by atoms with Gasteiger partial charge in [-0.25, -0.2) is 9.78 Å². The smallest absolute Gasteiger partial charge is 0.337 e. The van der Waals surface area contributed by atoms with E-state index in [0.717, 1.165) is 0 Å². The molecule has 2 rings (SSSR count). The highest BCUT2D eigenvalue weighted by Crippen LogP contribution is 2.24. The van der Waals surface area contributed by atoms with Crippen molar-refractivity contribution >= 4 is 17.6 Å². The van der Waals surface area contributed by atoms with Gasteiger partial charge < -0.3 is 9.84 Å². The van der Waals surface area contributed by atoms with Crippen LogP contribution in [0, 0.1) is 11.3 Å². The van der Waals surface area contributed by atoms with Gasteiger partial charge in [0.15, 0.2) is 0 Å². The van der Waals surface area contributed by atoms with Gasteiger partial charge in [0.2, 0.25) is 5.88 Å². The zero-order valence-electron chi connectivity index (χ0n) is 9.50. The van der Waals surface area contributed by atoms with E-state index in [-0.39, 0.29) is 16.5 Å². The van der Waals surface area contributed by atoms with E-state index in [1.165, 1.54) is 18.3 Å². The standard InChI is InChI=1S/C13H7ClN2O3/c14-11-7-16-12(5-10(11)13(17)18)19-9-3-1-2-8(4-9)6-15/h1-5,7H,(H,17,18). The first-order valence-electron chi connectivity index (χ1n) is 5.17. The first-order valence-corrected chi connectivity index (χ1v) is 5.55. The number of hydrogen-bond donors (Lipinski definition) is 1. The third kappa shape index (κ3) is 3.00. The van der Waals surface area contributed by atoms with Crippen molar-refractivity contribution in [3.63, 3.8) is 0 Å². The number of pyridine rings is 1. The van der Waals surface area contributed by atoms with Crippen LogP contribution in [0.4, 0.5) is 0 Å². The fourth-order valence-electron chi connectivity index (χ4n) is 1.39. The van der Waals surface area contributed by atoms with Crippen LogP contribution in [0.3, 0.4) is 0 Å². The largest absolute Gasteiger partial charge is 0.478 e. The Morgan fingerprint density at radius 2 is 2.21 bits per heavy atom. The number of nitrogens with zero attached hydrogens (tertiary/aromatic N) is 2. The van der Waals surface area contributed by atoms with Gasteiger partial charge in [0, 0.05) is 6.07 Å². The fourth-order valence-corrected chi connectivity index (χ4v) is 1.57. The predicted octanol–water partition coefficient (Wildman–Crippen LogP) is 3.10. The van der Waals surface area contributed by atoms with Gasteiger partial charge in [-0.05, 0) is 18.2 Å². The molecule has 0 amide bonds. The molecule has 1 N–H and O–H groups in total. The maximum absolute atomic E-state index is 10.9. The van der Waals surface area contributed by atoms with Gasteiger partial charge in [0.05, 0.1) is 28.4 Å². The van der Waals surface area contributed by atoms with Crippen LogP contribution in [0.25, 0.3) is 0 Å². The highest BCUT2D eigenvalue weighted by molar-refractivity contribution is 6.33. The molecular formula is C13H7ClN2O3. The highest BCUT2D eigenvalue weighted by Gasteiger charge is 2.11. The molecular weight excluding hydrogens is 268 g/mol. The number of carboxylic acids is 1. The summed E-state index contributed by atoms with van der Waals surface area (Å²) < 4.78 is 5.38. The summed E-state index contributed by atoms with van der Waals surface area (Å²) in [4.78, 5) is 14.8. The summed E-state index contributed by atoms with van der Waals surface area (Å²) in [5.41, 5.74) is 0.341. The van der Waals surface area contributed by atoms with Crippen LogP contribution in [-0.4, -0.2) is 16.1 Å². The van der Waals surface area contributed by atoms with E-state index < -0.39 is 5.97 Å². The molecule has 19 heavy (non-hydrogen) atoms. The van der Waals surface area contributed by atoms with E-state index in [0.29, 0.717) is 11.3 Å². The van der Waals surface area contributed by atoms with E-state index in [1.54, 1.807) is 18.2 Å². The number of carboxylic acid groups (broad SMARTS) is 1. The number of halogens is 1. The lowest BCUT2D eigenvalue weighted by atomic mass is 10.2. The molecule has 0 radical (unpaired) electrons. The Morgan fingerprint density at radius 1 is 1.42 bits per heavy atom. The first kappa shape index (κ1) is 12.9. The molecule has 5 nitrogen and oxygen atoms in total. The first-order chi connectivity index (χ1) is 9.10. The average molecular weight is 275 g/mol. The molecule has 2 aromatic rings. The summed E-state index contributed by atoms with van der Waals surface area (Å²) in [6.07, 6.45) is 1.20. The predicted molar refractivity (Wildman–Crippen MR) is 67.4 cm³/mol. The van der Waals surface area contributed by atoms with E-state index in [4.69, 9.17) is 26.7 Å². The van der Waals surface area contributed by atoms with Gasteiger partial charge in [-0.2, -0.15) is 5.26 Å². The maximum Gasteiger partial charge on any atom is 0.337 e. The highest BCUT2D eigenvalue weighted by atomic mass is 35.5. The molecule has 0 saturated carbocycles. The Kier molecular flexibility index (Phi) is 3.64. The van der Waals surface area contributed by atoms with Gasteiger partial charge in [0.1, 0.15) is 5.75 Å². The zero-order chi connectivity index (χ0) is 13.8. The second-order valence-corrected chi connectivity index (χ2v) is 3.96. The van der Waals surface area contributed by atoms with Gasteiger partial charge in [0.25, 0.3) is 0 Å². The van der Waals surface area contributed by atoms with Crippen LogP contribution in [-0.2, 0) is 0 Å². The van der Waals surface area contributed by atoms with Gasteiger partial charge >= 0.3 is 5.97 Å². The number of ether oxygens (including phenoxy) is 1. The average Bonchev–Trinajstić information content (AvgIpc) is 2.41. The summed E-state index contributed by atoms with van der Waals surface area (Å²) in [5.74, 6) is -0.676. The molecule has 0 bridgehead atoms. The van der Waals surface area contributed by atoms with Gasteiger partial charge in [-0.15, -0.1) is 0 Å². The lowest BCUT2D eigenvalue weighted by Gasteiger charge is -2.06.